The first kappa shape index (κ1) is 49.9. The highest BCUT2D eigenvalue weighted by molar-refractivity contribution is 6.00. The van der Waals surface area contributed by atoms with Gasteiger partial charge >= 0.3 is 0 Å². The third kappa shape index (κ3) is 12.0. The molecule has 66 heavy (non-hydrogen) atoms. The van der Waals surface area contributed by atoms with Crippen LogP contribution in [0.2, 0.25) is 0 Å². The number of rotatable bonds is 15. The molecule has 2 heterocycles. The highest BCUT2D eigenvalue weighted by Gasteiger charge is 2.36. The maximum atomic E-state index is 14.7. The lowest BCUT2D eigenvalue weighted by Gasteiger charge is -2.32. The number of pyridine rings is 1. The van der Waals surface area contributed by atoms with Crippen LogP contribution in [-0.2, 0) is 31.0 Å². The van der Waals surface area contributed by atoms with Crippen molar-refractivity contribution in [3.8, 4) is 45.7 Å². The van der Waals surface area contributed by atoms with E-state index in [0.29, 0.717) is 45.0 Å². The number of nitrogens with one attached hydrogen (secondary N) is 4. The maximum absolute atomic E-state index is 14.7. The summed E-state index contributed by atoms with van der Waals surface area (Å²) in [6.45, 7) is 9.61. The molecule has 18 heteroatoms. The molecule has 0 aliphatic carbocycles. The number of hydrogen-bond donors (Lipinski definition) is 8. The molecule has 0 saturated carbocycles. The molecule has 5 amide bonds. The summed E-state index contributed by atoms with van der Waals surface area (Å²) in [4.78, 5) is 76.0. The van der Waals surface area contributed by atoms with E-state index in [1.54, 1.807) is 43.3 Å². The van der Waals surface area contributed by atoms with Gasteiger partial charge in [-0.25, -0.2) is 4.98 Å². The van der Waals surface area contributed by atoms with Crippen LogP contribution in [-0.4, -0.2) is 109 Å². The fourth-order valence-electron chi connectivity index (χ4n) is 7.53. The van der Waals surface area contributed by atoms with E-state index >= 15 is 0 Å². The number of carbonyl (C=O) groups excluding carboxylic acids is 5. The van der Waals surface area contributed by atoms with Crippen molar-refractivity contribution in [2.75, 3.05) is 46.4 Å². The number of aromatic hydroxyl groups is 1. The van der Waals surface area contributed by atoms with Gasteiger partial charge in [0.15, 0.2) is 0 Å². The fourth-order valence-corrected chi connectivity index (χ4v) is 7.53. The Morgan fingerprint density at radius 3 is 2.17 bits per heavy atom. The lowest BCUT2D eigenvalue weighted by atomic mass is 9.86. The standard InChI is InChI=1S/C48H60N10O8/c1-27-33(26-38(59)41(54-27)30-8-11-32(12-9-30)48(3,4)5)44(61)56-36(15-16-49)47(64)58(6)42-31-10-14-40(66-22-19-52)35(25-31)34-23-29(7-13-39(34)65-21-18-51)24-37(45(62)53-20-17-50)57-43(60)28(2)55-46(42)63/h7-14,23,25-26,28,36-37,42,59H,15-16,18-22,24,49,51-52H2,1-6H3,(H,53,62)(H,55,63)(H,56,61)(H,57,60)/t28-,36-,37-,42-/m0/s1. The molecule has 11 N–H and O–H groups in total. The molecule has 0 fully saturated rings. The monoisotopic (exact) mass is 904 g/mol. The number of aromatic nitrogens is 1. The van der Waals surface area contributed by atoms with Crippen molar-refractivity contribution in [1.82, 2.24) is 31.2 Å². The van der Waals surface area contributed by atoms with Crippen molar-refractivity contribution in [2.24, 2.45) is 17.2 Å². The zero-order valence-electron chi connectivity index (χ0n) is 38.2. The number of hydrogen-bond acceptors (Lipinski definition) is 13. The van der Waals surface area contributed by atoms with Crippen LogP contribution >= 0.6 is 0 Å². The second-order valence-corrected chi connectivity index (χ2v) is 17.0. The molecule has 5 rings (SSSR count). The van der Waals surface area contributed by atoms with E-state index in [9.17, 15) is 29.1 Å². The third-order valence-corrected chi connectivity index (χ3v) is 11.1. The average molecular weight is 905 g/mol. The molecule has 1 aliphatic rings. The largest absolute Gasteiger partial charge is 0.506 e. The van der Waals surface area contributed by atoms with Crippen LogP contribution in [0.5, 0.6) is 17.2 Å². The van der Waals surface area contributed by atoms with Gasteiger partial charge in [-0.3, -0.25) is 24.0 Å². The minimum absolute atomic E-state index is 0.00850. The fraction of sp³-hybridized carbons (Fsp3) is 0.396. The number of nitrogens with two attached hydrogens (primary N) is 3. The molecule has 0 radical (unpaired) electrons. The molecule has 0 saturated heterocycles. The number of fused-ring (bicyclic) bond motifs is 5. The molecule has 0 spiro atoms. The van der Waals surface area contributed by atoms with Crippen molar-refractivity contribution in [1.29, 1.82) is 5.26 Å². The van der Waals surface area contributed by atoms with E-state index in [1.165, 1.54) is 20.0 Å². The van der Waals surface area contributed by atoms with Gasteiger partial charge in [0.1, 0.15) is 66.9 Å². The first-order chi connectivity index (χ1) is 31.4. The molecule has 4 atom stereocenters. The normalized spacial score (nSPS) is 16.6. The van der Waals surface area contributed by atoms with Crippen LogP contribution < -0.4 is 47.9 Å². The highest BCUT2D eigenvalue weighted by atomic mass is 16.5. The van der Waals surface area contributed by atoms with Gasteiger partial charge in [0.2, 0.25) is 23.6 Å². The molecular formula is C48H60N10O8. The van der Waals surface area contributed by atoms with Crippen molar-refractivity contribution in [3.63, 3.8) is 0 Å². The summed E-state index contributed by atoms with van der Waals surface area (Å²) in [7, 11) is 1.39. The van der Waals surface area contributed by atoms with Crippen LogP contribution in [0.4, 0.5) is 0 Å². The van der Waals surface area contributed by atoms with Gasteiger partial charge in [0.05, 0.1) is 17.3 Å². The smallest absolute Gasteiger partial charge is 0.253 e. The Kier molecular flexibility index (Phi) is 16.8. The topological polar surface area (TPSA) is 290 Å². The minimum atomic E-state index is -1.43. The van der Waals surface area contributed by atoms with Gasteiger partial charge in [-0.15, -0.1) is 0 Å². The zero-order chi connectivity index (χ0) is 48.3. The molecule has 1 aliphatic heterocycles. The van der Waals surface area contributed by atoms with Crippen LogP contribution in [0, 0.1) is 18.3 Å². The lowest BCUT2D eigenvalue weighted by Crippen LogP contribution is -2.56. The summed E-state index contributed by atoms with van der Waals surface area (Å²) in [5, 5.41) is 30.9. The first-order valence-corrected chi connectivity index (χ1v) is 21.7. The Bertz CT molecular complexity index is 2470. The number of carbonyl (C=O) groups is 5. The van der Waals surface area contributed by atoms with Gasteiger partial charge in [0.25, 0.3) is 5.91 Å². The Balaban J connectivity index is 1.57. The van der Waals surface area contributed by atoms with Crippen LogP contribution in [0.3, 0.4) is 0 Å². The molecule has 4 aromatic rings. The van der Waals surface area contributed by atoms with E-state index in [4.69, 9.17) is 31.9 Å². The van der Waals surface area contributed by atoms with E-state index in [1.807, 2.05) is 30.3 Å². The quantitative estimate of drug-likeness (QED) is 0.0796. The molecular weight excluding hydrogens is 845 g/mol. The minimum Gasteiger partial charge on any atom is -0.506 e. The lowest BCUT2D eigenvalue weighted by molar-refractivity contribution is -0.141. The Hall–Kier alpha value is -7.07. The number of nitrogens with zero attached hydrogens (tertiary/aromatic N) is 3. The summed E-state index contributed by atoms with van der Waals surface area (Å²) >= 11 is 0. The van der Waals surface area contributed by atoms with Crippen molar-refractivity contribution >= 4 is 29.5 Å². The Morgan fingerprint density at radius 2 is 1.56 bits per heavy atom. The van der Waals surface area contributed by atoms with E-state index in [2.05, 4.69) is 47.0 Å². The van der Waals surface area contributed by atoms with Crippen molar-refractivity contribution in [3.05, 3.63) is 94.7 Å². The summed E-state index contributed by atoms with van der Waals surface area (Å²) in [6.07, 6.45) is -0.0504. The molecule has 3 aromatic carbocycles. The summed E-state index contributed by atoms with van der Waals surface area (Å²) in [5.74, 6) is -3.04. The first-order valence-electron chi connectivity index (χ1n) is 21.7. The summed E-state index contributed by atoms with van der Waals surface area (Å²) < 4.78 is 12.2. The third-order valence-electron chi connectivity index (χ3n) is 11.1. The molecule has 4 bridgehead atoms. The Morgan fingerprint density at radius 1 is 0.924 bits per heavy atom. The summed E-state index contributed by atoms with van der Waals surface area (Å²) in [6, 6.07) is 15.7. The number of ether oxygens (including phenoxy) is 2. The van der Waals surface area contributed by atoms with Gasteiger partial charge in [0, 0.05) is 43.2 Å². The number of amides is 5. The van der Waals surface area contributed by atoms with Crippen molar-refractivity contribution < 1.29 is 38.6 Å². The van der Waals surface area contributed by atoms with Gasteiger partial charge in [-0.05, 0) is 79.3 Å². The SMILES string of the molecule is Cc1nc(-c2ccc(C(C)(C)C)cc2)c(O)cc1C(=O)N[C@@H](CCN)C(=O)N(C)[C@@H]1C(=O)N[C@@H](C)C(=O)N[C@H](C(=O)NCC#N)Cc2ccc(OCCN)c(c2)-c2cc1ccc2OCCN. The van der Waals surface area contributed by atoms with Crippen molar-refractivity contribution in [2.45, 2.75) is 77.0 Å². The maximum Gasteiger partial charge on any atom is 0.253 e. The predicted molar refractivity (Wildman–Crippen MR) is 248 cm³/mol. The van der Waals surface area contributed by atoms with Crippen LogP contribution in [0.25, 0.3) is 22.4 Å². The van der Waals surface area contributed by atoms with E-state index in [-0.39, 0.29) is 74.7 Å². The second-order valence-electron chi connectivity index (χ2n) is 17.0. The number of benzene rings is 3. The number of likely N-dealkylation sites (N-methyl/N-ethyl adjacent to an activating group) is 1. The number of aryl methyl sites for hydroxylation is 1. The van der Waals surface area contributed by atoms with Crippen LogP contribution in [0.15, 0.2) is 66.7 Å². The molecule has 1 aromatic heterocycles. The van der Waals surface area contributed by atoms with E-state index in [0.717, 1.165) is 10.5 Å². The summed E-state index contributed by atoms with van der Waals surface area (Å²) in [5.41, 5.74) is 21.7. The molecule has 18 nitrogen and oxygen atoms in total. The van der Waals surface area contributed by atoms with Gasteiger partial charge in [-0.2, -0.15) is 5.26 Å². The van der Waals surface area contributed by atoms with Gasteiger partial charge in [-0.1, -0.05) is 57.2 Å². The second kappa shape index (κ2) is 22.2. The average Bonchev–Trinajstić information content (AvgIpc) is 3.29. The highest BCUT2D eigenvalue weighted by Crippen LogP contribution is 2.40. The number of nitriles is 1. The predicted octanol–water partition coefficient (Wildman–Crippen LogP) is 2.23. The Labute approximate surface area is 384 Å². The zero-order valence-corrected chi connectivity index (χ0v) is 38.2. The van der Waals surface area contributed by atoms with Crippen LogP contribution in [0.1, 0.15) is 72.9 Å². The van der Waals surface area contributed by atoms with Gasteiger partial charge < -0.3 is 57.9 Å². The van der Waals surface area contributed by atoms with E-state index < -0.39 is 53.7 Å². The molecule has 0 unspecified atom stereocenters. The molecule has 350 valence electrons.